The van der Waals surface area contributed by atoms with E-state index < -0.39 is 5.82 Å². The molecule has 1 amide bonds. The van der Waals surface area contributed by atoms with E-state index in [-0.39, 0.29) is 23.4 Å². The number of aryl methyl sites for hydroxylation is 1. The quantitative estimate of drug-likeness (QED) is 0.761. The Balaban J connectivity index is 1.81. The number of carbonyl (C=O) groups is 1. The smallest absolute Gasteiger partial charge is 0.261 e. The number of halogens is 2. The number of benzene rings is 2. The summed E-state index contributed by atoms with van der Waals surface area (Å²) in [5.74, 6) is -0.568. The van der Waals surface area contributed by atoms with Gasteiger partial charge < -0.3 is 9.80 Å². The van der Waals surface area contributed by atoms with Crippen molar-refractivity contribution in [3.05, 3.63) is 63.9 Å². The largest absolute Gasteiger partial charge is 0.306 e. The SMILES string of the molecule is Cc1ccc2c(c1)[C@@H]1CN(C)CC[C@@H]1N2C(=O)c1cc(Cl)ccc1F. The molecular weight excluding hydrogens is 339 g/mol. The average molecular weight is 359 g/mol. The van der Waals surface area contributed by atoms with Crippen molar-refractivity contribution in [2.75, 3.05) is 25.0 Å². The molecule has 2 heterocycles. The molecule has 1 saturated heterocycles. The van der Waals surface area contributed by atoms with E-state index in [0.29, 0.717) is 5.02 Å². The summed E-state index contributed by atoms with van der Waals surface area (Å²) in [6.07, 6.45) is 0.878. The van der Waals surface area contributed by atoms with Crippen molar-refractivity contribution >= 4 is 23.2 Å². The molecule has 25 heavy (non-hydrogen) atoms. The molecule has 0 bridgehead atoms. The normalized spacial score (nSPS) is 22.6. The molecule has 0 aromatic heterocycles. The third-order valence-corrected chi connectivity index (χ3v) is 5.57. The van der Waals surface area contributed by atoms with Crippen LogP contribution in [0.1, 0.15) is 33.8 Å². The fraction of sp³-hybridized carbons (Fsp3) is 0.350. The zero-order chi connectivity index (χ0) is 17.7. The van der Waals surface area contributed by atoms with Crippen LogP contribution in [-0.2, 0) is 0 Å². The second kappa shape index (κ2) is 6.11. The second-order valence-corrected chi connectivity index (χ2v) is 7.52. The first-order valence-corrected chi connectivity index (χ1v) is 8.91. The van der Waals surface area contributed by atoms with Crippen LogP contribution in [0.15, 0.2) is 36.4 Å². The minimum absolute atomic E-state index is 0.0404. The molecule has 130 valence electrons. The Morgan fingerprint density at radius 1 is 1.24 bits per heavy atom. The number of nitrogens with zero attached hydrogens (tertiary/aromatic N) is 2. The molecule has 2 aromatic rings. The van der Waals surface area contributed by atoms with E-state index in [1.165, 1.54) is 29.3 Å². The lowest BCUT2D eigenvalue weighted by Gasteiger charge is -2.36. The molecule has 3 nitrogen and oxygen atoms in total. The molecular formula is C20H20ClFN2O. The molecule has 2 aliphatic rings. The lowest BCUT2D eigenvalue weighted by molar-refractivity contribution is 0.0961. The van der Waals surface area contributed by atoms with E-state index in [9.17, 15) is 9.18 Å². The third-order valence-electron chi connectivity index (χ3n) is 5.33. The van der Waals surface area contributed by atoms with Gasteiger partial charge in [-0.1, -0.05) is 29.3 Å². The van der Waals surface area contributed by atoms with Gasteiger partial charge in [-0.05, 0) is 56.8 Å². The van der Waals surface area contributed by atoms with Crippen molar-refractivity contribution in [2.24, 2.45) is 0 Å². The molecule has 0 spiro atoms. The van der Waals surface area contributed by atoms with Crippen LogP contribution in [-0.4, -0.2) is 37.0 Å². The number of likely N-dealkylation sites (N-methyl/N-ethyl adjacent to an activating group) is 1. The Labute approximate surface area is 152 Å². The van der Waals surface area contributed by atoms with Crippen molar-refractivity contribution in [1.29, 1.82) is 0 Å². The first-order chi connectivity index (χ1) is 12.0. The van der Waals surface area contributed by atoms with Crippen LogP contribution in [0.4, 0.5) is 10.1 Å². The molecule has 0 aliphatic carbocycles. The molecule has 2 aliphatic heterocycles. The van der Waals surface area contributed by atoms with Crippen molar-refractivity contribution in [2.45, 2.75) is 25.3 Å². The van der Waals surface area contributed by atoms with Gasteiger partial charge in [0.15, 0.2) is 0 Å². The summed E-state index contributed by atoms with van der Waals surface area (Å²) in [6.45, 7) is 3.89. The number of fused-ring (bicyclic) bond motifs is 3. The van der Waals surface area contributed by atoms with Gasteiger partial charge in [0.25, 0.3) is 5.91 Å². The maximum atomic E-state index is 14.3. The van der Waals surface area contributed by atoms with Gasteiger partial charge in [-0.25, -0.2) is 4.39 Å². The highest BCUT2D eigenvalue weighted by atomic mass is 35.5. The lowest BCUT2D eigenvalue weighted by Crippen LogP contribution is -2.47. The second-order valence-electron chi connectivity index (χ2n) is 7.09. The minimum Gasteiger partial charge on any atom is -0.306 e. The van der Waals surface area contributed by atoms with Crippen LogP contribution < -0.4 is 4.90 Å². The first kappa shape index (κ1) is 16.6. The Hall–Kier alpha value is -1.91. The van der Waals surface area contributed by atoms with Crippen molar-refractivity contribution in [1.82, 2.24) is 4.90 Å². The van der Waals surface area contributed by atoms with Gasteiger partial charge in [0, 0.05) is 29.2 Å². The summed E-state index contributed by atoms with van der Waals surface area (Å²) < 4.78 is 14.3. The highest BCUT2D eigenvalue weighted by Crippen LogP contribution is 2.45. The Kier molecular flexibility index (Phi) is 4.05. The number of piperidine rings is 1. The average Bonchev–Trinajstić information content (AvgIpc) is 2.89. The van der Waals surface area contributed by atoms with Crippen molar-refractivity contribution < 1.29 is 9.18 Å². The van der Waals surface area contributed by atoms with E-state index in [1.807, 2.05) is 12.1 Å². The Morgan fingerprint density at radius 3 is 2.84 bits per heavy atom. The predicted molar refractivity (Wildman–Crippen MR) is 98.0 cm³/mol. The standard InChI is InChI=1S/C20H20ClFN2O/c1-12-3-6-18-14(9-12)16-11-23(2)8-7-19(16)24(18)20(25)15-10-13(21)4-5-17(15)22/h3-6,9-10,16,19H,7-8,11H2,1-2H3/t16-,19-/m0/s1. The first-order valence-electron chi connectivity index (χ1n) is 8.53. The molecule has 5 heteroatoms. The van der Waals surface area contributed by atoms with E-state index in [4.69, 9.17) is 11.6 Å². The number of amides is 1. The van der Waals surface area contributed by atoms with Crippen LogP contribution in [0.5, 0.6) is 0 Å². The molecule has 1 fully saturated rings. The summed E-state index contributed by atoms with van der Waals surface area (Å²) >= 11 is 6.00. The highest BCUT2D eigenvalue weighted by Gasteiger charge is 2.44. The van der Waals surface area contributed by atoms with Gasteiger partial charge >= 0.3 is 0 Å². The molecule has 0 saturated carbocycles. The number of anilines is 1. The zero-order valence-corrected chi connectivity index (χ0v) is 15.1. The fourth-order valence-electron chi connectivity index (χ4n) is 4.14. The number of likely N-dealkylation sites (tertiary alicyclic amines) is 1. The van der Waals surface area contributed by atoms with E-state index >= 15 is 0 Å². The van der Waals surface area contributed by atoms with Gasteiger partial charge in [0.1, 0.15) is 5.82 Å². The fourth-order valence-corrected chi connectivity index (χ4v) is 4.31. The molecule has 2 atom stereocenters. The van der Waals surface area contributed by atoms with Gasteiger partial charge in [0.2, 0.25) is 0 Å². The third kappa shape index (κ3) is 2.74. The summed E-state index contributed by atoms with van der Waals surface area (Å²) in [6, 6.07) is 10.4. The molecule has 4 rings (SSSR count). The Bertz CT molecular complexity index is 854. The van der Waals surface area contributed by atoms with Crippen LogP contribution >= 0.6 is 11.6 Å². The van der Waals surface area contributed by atoms with Crippen LogP contribution in [0.25, 0.3) is 0 Å². The summed E-state index contributed by atoms with van der Waals surface area (Å²) in [5.41, 5.74) is 3.31. The van der Waals surface area contributed by atoms with Crippen LogP contribution in [0, 0.1) is 12.7 Å². The van der Waals surface area contributed by atoms with Gasteiger partial charge in [-0.3, -0.25) is 4.79 Å². The van der Waals surface area contributed by atoms with Crippen molar-refractivity contribution in [3.8, 4) is 0 Å². The summed E-state index contributed by atoms with van der Waals surface area (Å²) in [4.78, 5) is 17.3. The molecule has 2 aromatic carbocycles. The maximum absolute atomic E-state index is 14.3. The van der Waals surface area contributed by atoms with Crippen molar-refractivity contribution in [3.63, 3.8) is 0 Å². The minimum atomic E-state index is -0.528. The van der Waals surface area contributed by atoms with Gasteiger partial charge in [-0.2, -0.15) is 0 Å². The molecule has 0 unspecified atom stereocenters. The van der Waals surface area contributed by atoms with Gasteiger partial charge in [0.05, 0.1) is 5.56 Å². The lowest BCUT2D eigenvalue weighted by atomic mass is 9.88. The number of hydrogen-bond donors (Lipinski definition) is 0. The summed E-state index contributed by atoms with van der Waals surface area (Å²) in [7, 11) is 2.10. The number of carbonyl (C=O) groups excluding carboxylic acids is 1. The summed E-state index contributed by atoms with van der Waals surface area (Å²) in [5, 5.41) is 0.369. The topological polar surface area (TPSA) is 23.6 Å². The molecule has 0 N–H and O–H groups in total. The highest BCUT2D eigenvalue weighted by molar-refractivity contribution is 6.31. The van der Waals surface area contributed by atoms with E-state index in [0.717, 1.165) is 25.2 Å². The zero-order valence-electron chi connectivity index (χ0n) is 14.3. The van der Waals surface area contributed by atoms with E-state index in [1.54, 1.807) is 4.90 Å². The number of hydrogen-bond acceptors (Lipinski definition) is 2. The van der Waals surface area contributed by atoms with Gasteiger partial charge in [-0.15, -0.1) is 0 Å². The predicted octanol–water partition coefficient (Wildman–Crippen LogP) is 4.24. The Morgan fingerprint density at radius 2 is 2.04 bits per heavy atom. The monoisotopic (exact) mass is 358 g/mol. The van der Waals surface area contributed by atoms with Crippen LogP contribution in [0.3, 0.4) is 0 Å². The maximum Gasteiger partial charge on any atom is 0.261 e. The van der Waals surface area contributed by atoms with Crippen LogP contribution in [0.2, 0.25) is 5.02 Å². The van der Waals surface area contributed by atoms with E-state index in [2.05, 4.69) is 24.9 Å². The number of rotatable bonds is 1. The molecule has 0 radical (unpaired) electrons.